The smallest absolute Gasteiger partial charge is 0.191 e. The van der Waals surface area contributed by atoms with E-state index in [1.807, 2.05) is 6.07 Å². The monoisotopic (exact) mass is 538 g/mol. The predicted molar refractivity (Wildman–Crippen MR) is 124 cm³/mol. The lowest BCUT2D eigenvalue weighted by atomic mass is 10.0. The van der Waals surface area contributed by atoms with Crippen molar-refractivity contribution in [3.05, 3.63) is 28.2 Å². The van der Waals surface area contributed by atoms with Crippen molar-refractivity contribution < 1.29 is 4.74 Å². The van der Waals surface area contributed by atoms with Crippen LogP contribution in [0.1, 0.15) is 39.2 Å². The molecule has 5 nitrogen and oxygen atoms in total. The zero-order valence-electron chi connectivity index (χ0n) is 16.2. The van der Waals surface area contributed by atoms with Gasteiger partial charge in [-0.3, -0.25) is 0 Å². The molecule has 1 aromatic carbocycles. The summed E-state index contributed by atoms with van der Waals surface area (Å²) in [6, 6.07) is 7.22. The largest absolute Gasteiger partial charge is 0.496 e. The van der Waals surface area contributed by atoms with E-state index < -0.39 is 0 Å². The average molecular weight is 539 g/mol. The molecule has 0 saturated carbocycles. The Morgan fingerprint density at radius 3 is 2.58 bits per heavy atom. The fourth-order valence-electron chi connectivity index (χ4n) is 3.05. The Balaban J connectivity index is 0.00000338. The van der Waals surface area contributed by atoms with Crippen LogP contribution < -0.4 is 15.4 Å². The van der Waals surface area contributed by atoms with E-state index in [1.54, 1.807) is 7.11 Å². The van der Waals surface area contributed by atoms with E-state index in [1.165, 1.54) is 0 Å². The molecule has 148 valence electrons. The highest BCUT2D eigenvalue weighted by Crippen LogP contribution is 2.25. The van der Waals surface area contributed by atoms with Crippen molar-refractivity contribution >= 4 is 45.9 Å². The van der Waals surface area contributed by atoms with Crippen molar-refractivity contribution in [3.8, 4) is 5.75 Å². The Kier molecular flexibility index (Phi) is 10.9. The minimum Gasteiger partial charge on any atom is -0.496 e. The molecule has 0 aliphatic carbocycles. The molecule has 1 aromatic rings. The van der Waals surface area contributed by atoms with Gasteiger partial charge in [0.15, 0.2) is 5.96 Å². The van der Waals surface area contributed by atoms with E-state index in [9.17, 15) is 0 Å². The number of ether oxygens (including phenoxy) is 1. The summed E-state index contributed by atoms with van der Waals surface area (Å²) >= 11 is 3.53. The van der Waals surface area contributed by atoms with Crippen molar-refractivity contribution in [3.63, 3.8) is 0 Å². The van der Waals surface area contributed by atoms with Crippen LogP contribution in [0.5, 0.6) is 5.75 Å². The van der Waals surface area contributed by atoms with Crippen molar-refractivity contribution in [1.29, 1.82) is 0 Å². The van der Waals surface area contributed by atoms with Gasteiger partial charge >= 0.3 is 0 Å². The van der Waals surface area contributed by atoms with Crippen LogP contribution in [-0.4, -0.2) is 49.7 Å². The van der Waals surface area contributed by atoms with Crippen LogP contribution in [0.15, 0.2) is 27.7 Å². The first-order chi connectivity index (χ1) is 12.0. The summed E-state index contributed by atoms with van der Waals surface area (Å²) in [5, 5.41) is 6.96. The third-order valence-electron chi connectivity index (χ3n) is 4.58. The maximum absolute atomic E-state index is 5.28. The molecule has 0 spiro atoms. The Morgan fingerprint density at radius 1 is 1.35 bits per heavy atom. The van der Waals surface area contributed by atoms with Crippen molar-refractivity contribution in [1.82, 2.24) is 15.5 Å². The molecule has 2 rings (SSSR count). The molecule has 0 unspecified atom stereocenters. The first kappa shape index (κ1) is 23.5. The molecule has 0 aromatic heterocycles. The third-order valence-corrected chi connectivity index (χ3v) is 5.20. The lowest BCUT2D eigenvalue weighted by molar-refractivity contribution is 0.167. The number of aliphatic imine (C=N–C) groups is 1. The minimum atomic E-state index is 0. The average Bonchev–Trinajstić information content (AvgIpc) is 2.60. The summed E-state index contributed by atoms with van der Waals surface area (Å²) in [6.45, 7) is 10.5. The van der Waals surface area contributed by atoms with E-state index >= 15 is 0 Å². The van der Waals surface area contributed by atoms with Crippen LogP contribution in [0.3, 0.4) is 0 Å². The maximum Gasteiger partial charge on any atom is 0.191 e. The van der Waals surface area contributed by atoms with E-state index in [-0.39, 0.29) is 24.0 Å². The zero-order valence-corrected chi connectivity index (χ0v) is 20.1. The highest BCUT2D eigenvalue weighted by atomic mass is 127. The third kappa shape index (κ3) is 7.23. The summed E-state index contributed by atoms with van der Waals surface area (Å²) in [5.74, 6) is 1.74. The van der Waals surface area contributed by atoms with Gasteiger partial charge in [-0.15, -0.1) is 24.0 Å². The molecule has 2 N–H and O–H groups in total. The topological polar surface area (TPSA) is 48.9 Å². The second kappa shape index (κ2) is 12.0. The molecule has 1 heterocycles. The van der Waals surface area contributed by atoms with Crippen LogP contribution in [-0.2, 0) is 6.54 Å². The van der Waals surface area contributed by atoms with Crippen LogP contribution in [0.25, 0.3) is 0 Å². The summed E-state index contributed by atoms with van der Waals surface area (Å²) in [5.41, 5.74) is 1.15. The first-order valence-electron chi connectivity index (χ1n) is 9.14. The number of hydrogen-bond donors (Lipinski definition) is 2. The highest BCUT2D eigenvalue weighted by molar-refractivity contribution is 14.0. The lowest BCUT2D eigenvalue weighted by Crippen LogP contribution is -2.49. The number of halogens is 2. The molecule has 1 saturated heterocycles. The number of benzene rings is 1. The van der Waals surface area contributed by atoms with Gasteiger partial charge in [0.05, 0.1) is 18.1 Å². The Morgan fingerprint density at radius 2 is 2.04 bits per heavy atom. The lowest BCUT2D eigenvalue weighted by Gasteiger charge is -2.35. The summed E-state index contributed by atoms with van der Waals surface area (Å²) < 4.78 is 6.24. The summed E-state index contributed by atoms with van der Waals surface area (Å²) in [4.78, 5) is 7.29. The van der Waals surface area contributed by atoms with Crippen molar-refractivity contribution in [2.75, 3.05) is 26.7 Å². The number of hydrogen-bond acceptors (Lipinski definition) is 3. The van der Waals surface area contributed by atoms with Gasteiger partial charge in [0.1, 0.15) is 5.75 Å². The molecule has 7 heteroatoms. The predicted octanol–water partition coefficient (Wildman–Crippen LogP) is 4.00. The molecule has 1 aliphatic heterocycles. The molecule has 1 aliphatic rings. The SMILES string of the molecule is CCNC(=NCc1ccc(OC)c(Br)c1)NC1CCN(C(C)C)CC1.I. The fraction of sp³-hybridized carbons (Fsp3) is 0.632. The van der Waals surface area contributed by atoms with E-state index in [0.29, 0.717) is 18.6 Å². The molecule has 0 atom stereocenters. The molecule has 0 radical (unpaired) electrons. The minimum absolute atomic E-state index is 0. The summed E-state index contributed by atoms with van der Waals surface area (Å²) in [6.07, 6.45) is 2.33. The van der Waals surface area contributed by atoms with Gasteiger partial charge in [-0.1, -0.05) is 6.07 Å². The van der Waals surface area contributed by atoms with Crippen LogP contribution >= 0.6 is 39.9 Å². The van der Waals surface area contributed by atoms with Gasteiger partial charge < -0.3 is 20.3 Å². The van der Waals surface area contributed by atoms with Gasteiger partial charge in [0, 0.05) is 31.7 Å². The van der Waals surface area contributed by atoms with E-state index in [0.717, 1.165) is 54.2 Å². The number of nitrogens with one attached hydrogen (secondary N) is 2. The van der Waals surface area contributed by atoms with Gasteiger partial charge in [0.2, 0.25) is 0 Å². The Bertz CT molecular complexity index is 575. The van der Waals surface area contributed by atoms with Gasteiger partial charge in [0.25, 0.3) is 0 Å². The number of rotatable bonds is 6. The summed E-state index contributed by atoms with van der Waals surface area (Å²) in [7, 11) is 1.68. The van der Waals surface area contributed by atoms with Gasteiger partial charge in [-0.05, 0) is 67.2 Å². The molecular formula is C19H32BrIN4O. The van der Waals surface area contributed by atoms with E-state index in [4.69, 9.17) is 9.73 Å². The van der Waals surface area contributed by atoms with E-state index in [2.05, 4.69) is 64.4 Å². The van der Waals surface area contributed by atoms with Gasteiger partial charge in [-0.25, -0.2) is 4.99 Å². The number of nitrogens with zero attached hydrogens (tertiary/aromatic N) is 2. The Hall–Kier alpha value is -0.540. The molecule has 0 bridgehead atoms. The number of guanidine groups is 1. The first-order valence-corrected chi connectivity index (χ1v) is 9.94. The standard InChI is InChI=1S/C19H31BrN4O.HI/c1-5-21-19(23-16-8-10-24(11-9-16)14(2)3)22-13-15-6-7-18(25-4)17(20)12-15;/h6-7,12,14,16H,5,8-11,13H2,1-4H3,(H2,21,22,23);1H. The second-order valence-corrected chi connectivity index (χ2v) is 7.57. The fourth-order valence-corrected chi connectivity index (χ4v) is 3.64. The molecule has 1 fully saturated rings. The second-order valence-electron chi connectivity index (χ2n) is 6.71. The quantitative estimate of drug-likeness (QED) is 0.326. The van der Waals surface area contributed by atoms with Crippen LogP contribution in [0.4, 0.5) is 0 Å². The van der Waals surface area contributed by atoms with Crippen LogP contribution in [0, 0.1) is 0 Å². The highest BCUT2D eigenvalue weighted by Gasteiger charge is 2.21. The number of likely N-dealkylation sites (tertiary alicyclic amines) is 1. The number of methoxy groups -OCH3 is 1. The number of piperidine rings is 1. The van der Waals surface area contributed by atoms with Crippen LogP contribution in [0.2, 0.25) is 0 Å². The maximum atomic E-state index is 5.28. The zero-order chi connectivity index (χ0) is 18.2. The molecule has 0 amide bonds. The molecule has 26 heavy (non-hydrogen) atoms. The normalized spacial score (nSPS) is 16.3. The van der Waals surface area contributed by atoms with Crippen molar-refractivity contribution in [2.45, 2.75) is 52.2 Å². The Labute approximate surface area is 183 Å². The van der Waals surface area contributed by atoms with Gasteiger partial charge in [-0.2, -0.15) is 0 Å². The van der Waals surface area contributed by atoms with Crippen molar-refractivity contribution in [2.24, 2.45) is 4.99 Å². The molecular weight excluding hydrogens is 507 g/mol.